The van der Waals surface area contributed by atoms with E-state index in [0.717, 1.165) is 0 Å². The van der Waals surface area contributed by atoms with Crippen molar-refractivity contribution >= 4 is 17.1 Å². The summed E-state index contributed by atoms with van der Waals surface area (Å²) < 4.78 is 7.52. The van der Waals surface area contributed by atoms with Crippen LogP contribution in [0.25, 0.3) is 21.6 Å². The molecule has 3 rings (SSSR count). The van der Waals surface area contributed by atoms with Gasteiger partial charge in [-0.1, -0.05) is 0 Å². The Bertz CT molecular complexity index is 822. The zero-order chi connectivity index (χ0) is 15.9. The van der Waals surface area contributed by atoms with Crippen LogP contribution in [-0.4, -0.2) is 48.2 Å². The lowest BCUT2D eigenvalue weighted by Gasteiger charge is -2.13. The Kier molecular flexibility index (Phi) is 3.42. The minimum Gasteiger partial charge on any atom is -0.394 e. The van der Waals surface area contributed by atoms with Crippen molar-refractivity contribution in [2.75, 3.05) is 12.3 Å². The van der Waals surface area contributed by atoms with Gasteiger partial charge in [0.1, 0.15) is 12.3 Å². The SMILES string of the molecule is [N-]=[N+]=Nn1c(N)nc2c(ncn2[C@H]2C[C@H](O)[C@@H](CO)O2)c1=O. The molecular formula is C10H12N8O4. The van der Waals surface area contributed by atoms with Crippen LogP contribution >= 0.6 is 0 Å². The number of aliphatic hydroxyl groups is 2. The summed E-state index contributed by atoms with van der Waals surface area (Å²) in [5.74, 6) is -0.297. The van der Waals surface area contributed by atoms with E-state index in [0.29, 0.717) is 4.68 Å². The number of anilines is 1. The molecule has 0 radical (unpaired) electrons. The van der Waals surface area contributed by atoms with Crippen molar-refractivity contribution in [2.24, 2.45) is 5.22 Å². The Morgan fingerprint density at radius 3 is 3.05 bits per heavy atom. The van der Waals surface area contributed by atoms with Gasteiger partial charge < -0.3 is 20.7 Å². The highest BCUT2D eigenvalue weighted by molar-refractivity contribution is 5.71. The molecule has 4 N–H and O–H groups in total. The molecule has 0 saturated carbocycles. The molecule has 1 aliphatic heterocycles. The lowest BCUT2D eigenvalue weighted by molar-refractivity contribution is -0.0432. The largest absolute Gasteiger partial charge is 0.394 e. The van der Waals surface area contributed by atoms with E-state index in [1.54, 1.807) is 0 Å². The fourth-order valence-electron chi connectivity index (χ4n) is 2.36. The molecule has 0 aliphatic carbocycles. The molecule has 22 heavy (non-hydrogen) atoms. The number of azide groups is 1. The van der Waals surface area contributed by atoms with Gasteiger partial charge in [-0.3, -0.25) is 4.57 Å². The molecule has 0 bridgehead atoms. The van der Waals surface area contributed by atoms with Crippen LogP contribution in [0.2, 0.25) is 0 Å². The van der Waals surface area contributed by atoms with Gasteiger partial charge in [-0.05, 0) is 5.22 Å². The molecule has 2 aromatic heterocycles. The van der Waals surface area contributed by atoms with E-state index < -0.39 is 24.0 Å². The van der Waals surface area contributed by atoms with Crippen molar-refractivity contribution in [3.05, 3.63) is 27.1 Å². The van der Waals surface area contributed by atoms with Crippen LogP contribution < -0.4 is 11.3 Å². The predicted molar refractivity (Wildman–Crippen MR) is 72.4 cm³/mol. The van der Waals surface area contributed by atoms with Crippen LogP contribution in [0.5, 0.6) is 0 Å². The van der Waals surface area contributed by atoms with Gasteiger partial charge in [-0.15, -0.1) is 10.2 Å². The zero-order valence-corrected chi connectivity index (χ0v) is 11.1. The third-order valence-electron chi connectivity index (χ3n) is 3.42. The van der Waals surface area contributed by atoms with Crippen LogP contribution in [-0.2, 0) is 4.74 Å². The van der Waals surface area contributed by atoms with E-state index in [-0.39, 0.29) is 30.1 Å². The Balaban J connectivity index is 2.11. The highest BCUT2D eigenvalue weighted by Crippen LogP contribution is 2.30. The molecule has 12 nitrogen and oxygen atoms in total. The van der Waals surface area contributed by atoms with Crippen LogP contribution in [0.15, 0.2) is 16.3 Å². The summed E-state index contributed by atoms with van der Waals surface area (Å²) in [5, 5.41) is 22.0. The Morgan fingerprint density at radius 2 is 2.41 bits per heavy atom. The number of nitrogens with two attached hydrogens (primary N) is 1. The average Bonchev–Trinajstić information content (AvgIpc) is 3.06. The highest BCUT2D eigenvalue weighted by atomic mass is 16.5. The molecule has 0 aromatic carbocycles. The van der Waals surface area contributed by atoms with Crippen molar-refractivity contribution in [1.82, 2.24) is 19.2 Å². The molecule has 0 spiro atoms. The van der Waals surface area contributed by atoms with E-state index in [2.05, 4.69) is 20.1 Å². The molecule has 2 aromatic rings. The summed E-state index contributed by atoms with van der Waals surface area (Å²) in [6, 6.07) is 0. The number of hydrogen-bond donors (Lipinski definition) is 3. The van der Waals surface area contributed by atoms with Gasteiger partial charge in [0.25, 0.3) is 0 Å². The molecular weight excluding hydrogens is 296 g/mol. The maximum absolute atomic E-state index is 12.1. The Hall–Kier alpha value is -2.66. The first-order valence-electron chi connectivity index (χ1n) is 6.31. The van der Waals surface area contributed by atoms with Gasteiger partial charge in [0, 0.05) is 6.42 Å². The first-order chi connectivity index (χ1) is 10.6. The minimum absolute atomic E-state index is 0.0489. The van der Waals surface area contributed by atoms with Gasteiger partial charge in [-0.2, -0.15) is 9.90 Å². The minimum atomic E-state index is -0.839. The van der Waals surface area contributed by atoms with Crippen molar-refractivity contribution in [3.63, 3.8) is 0 Å². The quantitative estimate of drug-likeness (QED) is 0.365. The third kappa shape index (κ3) is 2.07. The maximum Gasteiger partial charge on any atom is 0.374 e. The molecule has 1 saturated heterocycles. The molecule has 116 valence electrons. The van der Waals surface area contributed by atoms with Gasteiger partial charge in [0.2, 0.25) is 0 Å². The van der Waals surface area contributed by atoms with E-state index in [4.69, 9.17) is 21.1 Å². The second kappa shape index (κ2) is 5.27. The number of fused-ring (bicyclic) bond motifs is 1. The van der Waals surface area contributed by atoms with Gasteiger partial charge in [0.15, 0.2) is 11.2 Å². The van der Waals surface area contributed by atoms with Crippen LogP contribution in [0.4, 0.5) is 5.95 Å². The van der Waals surface area contributed by atoms with E-state index in [1.807, 2.05) is 0 Å². The molecule has 3 heterocycles. The first kappa shape index (κ1) is 14.3. The Labute approximate surface area is 122 Å². The van der Waals surface area contributed by atoms with Crippen molar-refractivity contribution in [2.45, 2.75) is 24.9 Å². The average molecular weight is 308 g/mol. The number of nitrogens with zero attached hydrogens (tertiary/aromatic N) is 7. The standard InChI is InChI=1S/C10H12N8O4/c11-10-14-8-7(9(21)18(10)16-15-12)13-3-17(8)6-1-4(20)5(2-19)22-6/h3-6,19-20H,1-2H2,(H2,11,14)/t4-,5+,6+/m0/s1. The molecule has 0 amide bonds. The number of aliphatic hydroxyl groups excluding tert-OH is 2. The molecule has 3 atom stereocenters. The normalized spacial score (nSPS) is 24.5. The Morgan fingerprint density at radius 1 is 1.64 bits per heavy atom. The number of nitrogen functional groups attached to an aromatic ring is 1. The number of ether oxygens (including phenoxy) is 1. The summed E-state index contributed by atoms with van der Waals surface area (Å²) in [7, 11) is 0. The fourth-order valence-corrected chi connectivity index (χ4v) is 2.36. The molecule has 12 heteroatoms. The summed E-state index contributed by atoms with van der Waals surface area (Å²) in [4.78, 5) is 22.5. The number of imidazole rings is 1. The van der Waals surface area contributed by atoms with Crippen molar-refractivity contribution < 1.29 is 14.9 Å². The van der Waals surface area contributed by atoms with Crippen LogP contribution in [0, 0.1) is 0 Å². The maximum atomic E-state index is 12.1. The zero-order valence-electron chi connectivity index (χ0n) is 11.1. The van der Waals surface area contributed by atoms with Gasteiger partial charge in [0.05, 0.1) is 19.0 Å². The predicted octanol–water partition coefficient (Wildman–Crippen LogP) is -1.11. The van der Waals surface area contributed by atoms with E-state index >= 15 is 0 Å². The lowest BCUT2D eigenvalue weighted by atomic mass is 10.2. The van der Waals surface area contributed by atoms with Crippen LogP contribution in [0.3, 0.4) is 0 Å². The fraction of sp³-hybridized carbons (Fsp3) is 0.500. The van der Waals surface area contributed by atoms with Crippen molar-refractivity contribution in [1.29, 1.82) is 0 Å². The molecule has 0 unspecified atom stereocenters. The smallest absolute Gasteiger partial charge is 0.374 e. The van der Waals surface area contributed by atoms with Gasteiger partial charge in [-0.25, -0.2) is 9.78 Å². The second-order valence-electron chi connectivity index (χ2n) is 4.70. The van der Waals surface area contributed by atoms with Gasteiger partial charge >= 0.3 is 11.5 Å². The lowest BCUT2D eigenvalue weighted by Crippen LogP contribution is -2.24. The number of aromatic nitrogens is 4. The van der Waals surface area contributed by atoms with Crippen molar-refractivity contribution in [3.8, 4) is 0 Å². The van der Waals surface area contributed by atoms with Crippen LogP contribution in [0.1, 0.15) is 12.6 Å². The van der Waals surface area contributed by atoms with E-state index in [1.165, 1.54) is 10.9 Å². The monoisotopic (exact) mass is 308 g/mol. The first-order valence-corrected chi connectivity index (χ1v) is 6.31. The van der Waals surface area contributed by atoms with E-state index in [9.17, 15) is 9.90 Å². The topological polar surface area (TPSA) is 177 Å². The summed E-state index contributed by atoms with van der Waals surface area (Å²) >= 11 is 0. The third-order valence-corrected chi connectivity index (χ3v) is 3.42. The molecule has 1 aliphatic rings. The molecule has 1 fully saturated rings. The number of rotatable bonds is 3. The summed E-state index contributed by atoms with van der Waals surface area (Å²) in [6.07, 6.45) is -0.677. The summed E-state index contributed by atoms with van der Waals surface area (Å²) in [6.45, 7) is -0.330. The highest BCUT2D eigenvalue weighted by Gasteiger charge is 2.35. The number of hydrogen-bond acceptors (Lipinski definition) is 8. The second-order valence-corrected chi connectivity index (χ2v) is 4.70. The summed E-state index contributed by atoms with van der Waals surface area (Å²) in [5.41, 5.74) is 13.4.